The van der Waals surface area contributed by atoms with E-state index in [2.05, 4.69) is 87.6 Å². The second-order valence-corrected chi connectivity index (χ2v) is 23.1. The molecular weight excluding hydrogens is 973 g/mol. The maximum absolute atomic E-state index is 12.9. The Labute approximate surface area is 491 Å². The van der Waals surface area contributed by atoms with Crippen LogP contribution < -0.4 is 0 Å². The molecule has 79 heavy (non-hydrogen) atoms. The predicted octanol–water partition coefficient (Wildman–Crippen LogP) is 23.7. The zero-order valence-corrected chi connectivity index (χ0v) is 52.6. The Morgan fingerprint density at radius 1 is 0.266 bits per heavy atom. The minimum Gasteiger partial charge on any atom is -0.462 e. The summed E-state index contributed by atoms with van der Waals surface area (Å²) < 4.78 is 16.9. The molecule has 0 rings (SSSR count). The fraction of sp³-hybridized carbons (Fsp3) is 0.795. The summed E-state index contributed by atoms with van der Waals surface area (Å²) >= 11 is 0. The molecule has 0 saturated heterocycles. The summed E-state index contributed by atoms with van der Waals surface area (Å²) in [5.41, 5.74) is 0. The molecule has 0 radical (unpaired) electrons. The van der Waals surface area contributed by atoms with E-state index in [0.717, 1.165) is 70.6 Å². The largest absolute Gasteiger partial charge is 0.462 e. The number of unbranched alkanes of at least 4 members (excludes halogenated alkanes) is 40. The first-order chi connectivity index (χ1) is 39.0. The van der Waals surface area contributed by atoms with Crippen molar-refractivity contribution in [1.82, 2.24) is 0 Å². The average molecular weight is 1100 g/mol. The van der Waals surface area contributed by atoms with Crippen molar-refractivity contribution in [2.75, 3.05) is 13.2 Å². The van der Waals surface area contributed by atoms with Crippen LogP contribution in [0.5, 0.6) is 0 Å². The summed E-state index contributed by atoms with van der Waals surface area (Å²) in [6.45, 7) is 6.51. The molecule has 0 aliphatic rings. The van der Waals surface area contributed by atoms with Crippen molar-refractivity contribution >= 4 is 17.9 Å². The summed E-state index contributed by atoms with van der Waals surface area (Å²) in [4.78, 5) is 38.3. The van der Waals surface area contributed by atoms with Gasteiger partial charge in [0.25, 0.3) is 0 Å². The molecule has 6 nitrogen and oxygen atoms in total. The van der Waals surface area contributed by atoms with Crippen molar-refractivity contribution in [2.24, 2.45) is 0 Å². The van der Waals surface area contributed by atoms with E-state index in [9.17, 15) is 14.4 Å². The monoisotopic (exact) mass is 1100 g/mol. The normalized spacial score (nSPS) is 12.5. The Kier molecular flexibility index (Phi) is 64.7. The number of rotatable bonds is 63. The number of esters is 3. The molecule has 1 atom stereocenters. The second kappa shape index (κ2) is 67.4. The van der Waals surface area contributed by atoms with E-state index in [1.165, 1.54) is 238 Å². The summed E-state index contributed by atoms with van der Waals surface area (Å²) in [5, 5.41) is 0. The first kappa shape index (κ1) is 75.8. The Balaban J connectivity index is 4.28. The van der Waals surface area contributed by atoms with Crippen molar-refractivity contribution < 1.29 is 28.6 Å². The van der Waals surface area contributed by atoms with Gasteiger partial charge in [0, 0.05) is 19.3 Å². The summed E-state index contributed by atoms with van der Waals surface area (Å²) in [7, 11) is 0. The lowest BCUT2D eigenvalue weighted by atomic mass is 10.0. The average Bonchev–Trinajstić information content (AvgIpc) is 3.45. The second-order valence-electron chi connectivity index (χ2n) is 23.1. The lowest BCUT2D eigenvalue weighted by Gasteiger charge is -2.18. The van der Waals surface area contributed by atoms with Crippen molar-refractivity contribution in [3.63, 3.8) is 0 Å². The smallest absolute Gasteiger partial charge is 0.306 e. The molecule has 0 aromatic heterocycles. The van der Waals surface area contributed by atoms with Crippen molar-refractivity contribution in [2.45, 2.75) is 361 Å². The van der Waals surface area contributed by atoms with Gasteiger partial charge in [-0.1, -0.05) is 331 Å². The minimum atomic E-state index is -0.804. The van der Waals surface area contributed by atoms with Crippen molar-refractivity contribution in [1.29, 1.82) is 0 Å². The molecule has 0 heterocycles. The van der Waals surface area contributed by atoms with E-state index in [0.29, 0.717) is 19.3 Å². The first-order valence-electron chi connectivity index (χ1n) is 34.4. The van der Waals surface area contributed by atoms with Gasteiger partial charge in [0.1, 0.15) is 13.2 Å². The van der Waals surface area contributed by atoms with Gasteiger partial charge in [-0.05, 0) is 77.0 Å². The fourth-order valence-corrected chi connectivity index (χ4v) is 10.1. The molecule has 0 aliphatic heterocycles. The van der Waals surface area contributed by atoms with E-state index in [-0.39, 0.29) is 37.5 Å². The van der Waals surface area contributed by atoms with Crippen LogP contribution in [-0.2, 0) is 28.6 Å². The molecule has 0 fully saturated rings. The minimum absolute atomic E-state index is 0.0943. The highest BCUT2D eigenvalue weighted by molar-refractivity contribution is 5.71. The van der Waals surface area contributed by atoms with Gasteiger partial charge in [0.15, 0.2) is 6.10 Å². The Morgan fingerprint density at radius 3 is 0.848 bits per heavy atom. The van der Waals surface area contributed by atoms with Crippen LogP contribution in [0.4, 0.5) is 0 Å². The Bertz CT molecular complexity index is 1450. The maximum atomic E-state index is 12.9. The van der Waals surface area contributed by atoms with Gasteiger partial charge >= 0.3 is 17.9 Å². The number of ether oxygens (including phenoxy) is 3. The third-order valence-electron chi connectivity index (χ3n) is 15.2. The SMILES string of the molecule is CC/C=C\C/C=C\C/C=C\C/C=C\CCC(=O)OCC(COC(=O)CCCCCCCCCCCCCCC/C=C\C/C=C\CCCCCCC)OC(=O)CCCCCCCCCCCCCCCCCCCCCCCCC. The van der Waals surface area contributed by atoms with Gasteiger partial charge in [-0.25, -0.2) is 0 Å². The van der Waals surface area contributed by atoms with Crippen molar-refractivity contribution in [3.05, 3.63) is 72.9 Å². The molecule has 0 amide bonds. The van der Waals surface area contributed by atoms with Crippen molar-refractivity contribution in [3.8, 4) is 0 Å². The molecule has 0 aromatic carbocycles. The molecular formula is C73H130O6. The standard InChI is InChI=1S/C73H130O6/c1-4-7-10-13-16-19-22-25-27-29-31-33-35-36-38-39-41-43-45-48-51-54-57-60-63-66-72(75)78-69-70(68-77-71(74)65-62-59-56-53-50-47-24-21-18-15-12-9-6-3)79-73(76)67-64-61-58-55-52-49-46-44-42-40-37-34-32-30-28-26-23-20-17-14-11-8-5-2/h9,12,18,21-22,25,29,31,47,50,56,59,70H,4-8,10-11,13-17,19-20,23-24,26-28,30,32-46,48-49,51-55,57-58,60-69H2,1-3H3/b12-9-,21-18-,25-22-,31-29-,50-47-,59-56-. The number of carbonyl (C=O) groups excluding carboxylic acids is 3. The quantitative estimate of drug-likeness (QED) is 0.0261. The molecule has 0 spiro atoms. The van der Waals surface area contributed by atoms with E-state index in [4.69, 9.17) is 14.2 Å². The topological polar surface area (TPSA) is 78.9 Å². The van der Waals surface area contributed by atoms with Crippen LogP contribution in [-0.4, -0.2) is 37.2 Å². The van der Waals surface area contributed by atoms with Crippen LogP contribution in [0.1, 0.15) is 355 Å². The van der Waals surface area contributed by atoms with Gasteiger partial charge < -0.3 is 14.2 Å². The van der Waals surface area contributed by atoms with Crippen LogP contribution in [0, 0.1) is 0 Å². The van der Waals surface area contributed by atoms with Crippen LogP contribution in [0.15, 0.2) is 72.9 Å². The summed E-state index contributed by atoms with van der Waals surface area (Å²) in [6.07, 6.45) is 88.1. The van der Waals surface area contributed by atoms with Gasteiger partial charge in [-0.15, -0.1) is 0 Å². The lowest BCUT2D eigenvalue weighted by Crippen LogP contribution is -2.30. The van der Waals surface area contributed by atoms with Crippen LogP contribution in [0.2, 0.25) is 0 Å². The molecule has 458 valence electrons. The van der Waals surface area contributed by atoms with Crippen LogP contribution in [0.3, 0.4) is 0 Å². The summed E-state index contributed by atoms with van der Waals surface area (Å²) in [5.74, 6) is -0.960. The van der Waals surface area contributed by atoms with Gasteiger partial charge in [0.2, 0.25) is 0 Å². The van der Waals surface area contributed by atoms with Gasteiger partial charge in [-0.2, -0.15) is 0 Å². The lowest BCUT2D eigenvalue weighted by molar-refractivity contribution is -0.166. The van der Waals surface area contributed by atoms with Crippen LogP contribution >= 0.6 is 0 Å². The molecule has 0 aromatic rings. The highest BCUT2D eigenvalue weighted by atomic mass is 16.6. The fourth-order valence-electron chi connectivity index (χ4n) is 10.1. The zero-order valence-electron chi connectivity index (χ0n) is 52.6. The number of hydrogen-bond donors (Lipinski definition) is 0. The first-order valence-corrected chi connectivity index (χ1v) is 34.4. The third-order valence-corrected chi connectivity index (χ3v) is 15.2. The molecule has 1 unspecified atom stereocenters. The predicted molar refractivity (Wildman–Crippen MR) is 344 cm³/mol. The third kappa shape index (κ3) is 65.5. The number of carbonyl (C=O) groups is 3. The van der Waals surface area contributed by atoms with E-state index >= 15 is 0 Å². The van der Waals surface area contributed by atoms with Gasteiger partial charge in [0.05, 0.1) is 0 Å². The van der Waals surface area contributed by atoms with E-state index < -0.39 is 6.10 Å². The molecule has 0 aliphatic carbocycles. The Hall–Kier alpha value is -3.15. The molecule has 0 N–H and O–H groups in total. The zero-order chi connectivity index (χ0) is 57.1. The summed E-state index contributed by atoms with van der Waals surface area (Å²) in [6, 6.07) is 0. The molecule has 0 bridgehead atoms. The molecule has 0 saturated carbocycles. The number of allylic oxidation sites excluding steroid dienone is 12. The van der Waals surface area contributed by atoms with Crippen LogP contribution in [0.25, 0.3) is 0 Å². The van der Waals surface area contributed by atoms with E-state index in [1.54, 1.807) is 0 Å². The van der Waals surface area contributed by atoms with Gasteiger partial charge in [-0.3, -0.25) is 14.4 Å². The highest BCUT2D eigenvalue weighted by Gasteiger charge is 2.19. The van der Waals surface area contributed by atoms with E-state index in [1.807, 2.05) is 6.08 Å². The maximum Gasteiger partial charge on any atom is 0.306 e. The highest BCUT2D eigenvalue weighted by Crippen LogP contribution is 2.18. The Morgan fingerprint density at radius 2 is 0.519 bits per heavy atom. The molecule has 6 heteroatoms. The number of hydrogen-bond acceptors (Lipinski definition) is 6.